The fourth-order valence-electron chi connectivity index (χ4n) is 17.0. The van der Waals surface area contributed by atoms with Gasteiger partial charge >= 0.3 is 37.4 Å². The summed E-state index contributed by atoms with van der Waals surface area (Å²) in [6, 6.07) is 13.1. The van der Waals surface area contributed by atoms with Crippen molar-refractivity contribution in [1.82, 2.24) is 0 Å². The van der Waals surface area contributed by atoms with Gasteiger partial charge in [0, 0.05) is 76.8 Å². The van der Waals surface area contributed by atoms with Gasteiger partial charge in [0.25, 0.3) is 0 Å². The van der Waals surface area contributed by atoms with Crippen LogP contribution in [0.5, 0.6) is 34.5 Å². The summed E-state index contributed by atoms with van der Waals surface area (Å²) in [6.45, 7) is 3.25. The molecule has 15 rings (SSSR count). The monoisotopic (exact) mass is 1840 g/mol. The summed E-state index contributed by atoms with van der Waals surface area (Å²) in [5.74, 6) is -31.1. The van der Waals surface area contributed by atoms with Crippen LogP contribution in [0.2, 0.25) is 0 Å². The molecule has 4 aliphatic carbocycles. The first-order valence-electron chi connectivity index (χ1n) is 39.9. The maximum Gasteiger partial charge on any atom is 0.573 e. The van der Waals surface area contributed by atoms with E-state index in [4.69, 9.17) is 28.4 Å². The molecule has 40 heteroatoms. The second-order valence-corrected chi connectivity index (χ2v) is 31.6. The lowest BCUT2D eigenvalue weighted by Gasteiger charge is -2.39. The highest BCUT2D eigenvalue weighted by Crippen LogP contribution is 2.49. The van der Waals surface area contributed by atoms with Gasteiger partial charge < -0.3 is 56.8 Å². The molecule has 7 fully saturated rings. The molecule has 3 heterocycles. The standard InChI is InChI=1S/C29H22F10O4.C29H29F9O4.C29H23F9O4/c30-20-7-15(27-40-12-17(13-41-27)14-3-1-2-4-14)5-6-19(20)16-8-21(31)25(22(32)9-16)28(35,36)42-18-10-23(33)26(24(34)11-18)43-29(37,38)39;2*30-21-9-18(16-5-7-17(8-6-16)27-39-13-19(14-40-27)15-3-1-2-4-15)10-22(31)25(21)28(34,35)41-20-11-23(32)26(24(33)12-20)42-29(36,37)38/h5-11,14,17,27H,1-4,12-13H2;9-12,15-17,19,27H,1-8,13-14H2;5-12,15,19,27H,1-4,13-14H2. The van der Waals surface area contributed by atoms with Crippen LogP contribution in [0, 0.1) is 117 Å². The van der Waals surface area contributed by atoms with Crippen molar-refractivity contribution >= 4 is 0 Å². The molecule has 127 heavy (non-hydrogen) atoms. The van der Waals surface area contributed by atoms with Crippen LogP contribution < -0.4 is 28.4 Å². The zero-order valence-corrected chi connectivity index (χ0v) is 65.9. The number of halogens is 28. The van der Waals surface area contributed by atoms with Crippen molar-refractivity contribution < 1.29 is 180 Å². The van der Waals surface area contributed by atoms with Crippen LogP contribution >= 0.6 is 0 Å². The van der Waals surface area contributed by atoms with E-state index in [1.54, 1.807) is 12.1 Å². The molecule has 3 aliphatic heterocycles. The molecule has 690 valence electrons. The van der Waals surface area contributed by atoms with Gasteiger partial charge in [0.2, 0.25) is 17.2 Å². The van der Waals surface area contributed by atoms with Crippen LogP contribution in [0.25, 0.3) is 22.3 Å². The van der Waals surface area contributed by atoms with E-state index in [0.717, 1.165) is 56.7 Å². The Kier molecular flexibility index (Phi) is 29.1. The van der Waals surface area contributed by atoms with Gasteiger partial charge in [0.05, 0.1) is 39.6 Å². The van der Waals surface area contributed by atoms with Crippen molar-refractivity contribution in [2.75, 3.05) is 39.6 Å². The van der Waals surface area contributed by atoms with Gasteiger partial charge in [0.1, 0.15) is 74.7 Å². The Morgan fingerprint density at radius 1 is 0.236 bits per heavy atom. The van der Waals surface area contributed by atoms with Crippen molar-refractivity contribution in [1.29, 1.82) is 0 Å². The number of ether oxygens (including phenoxy) is 12. The molecule has 0 bridgehead atoms. The molecule has 7 aliphatic rings. The molecule has 0 unspecified atom stereocenters. The summed E-state index contributed by atoms with van der Waals surface area (Å²) in [6.07, 6.45) is -16.3. The predicted molar refractivity (Wildman–Crippen MR) is 389 cm³/mol. The molecular weight excluding hydrogens is 1770 g/mol. The highest BCUT2D eigenvalue weighted by molar-refractivity contribution is 5.66. The third kappa shape index (κ3) is 23.5. The summed E-state index contributed by atoms with van der Waals surface area (Å²) in [5, 5.41) is 0. The number of rotatable bonds is 21. The van der Waals surface area contributed by atoms with Gasteiger partial charge in [-0.1, -0.05) is 113 Å². The van der Waals surface area contributed by atoms with Crippen LogP contribution in [0.15, 0.2) is 115 Å². The Morgan fingerprint density at radius 2 is 0.520 bits per heavy atom. The van der Waals surface area contributed by atoms with Gasteiger partial charge in [-0.2, -0.15) is 26.3 Å². The Hall–Kier alpha value is -9.64. The first-order valence-corrected chi connectivity index (χ1v) is 39.9. The molecule has 0 amide bonds. The van der Waals surface area contributed by atoms with Crippen molar-refractivity contribution in [2.45, 2.75) is 165 Å². The van der Waals surface area contributed by atoms with E-state index in [1.807, 2.05) is 0 Å². The van der Waals surface area contributed by atoms with Crippen LogP contribution in [0.1, 0.15) is 155 Å². The quantitative estimate of drug-likeness (QED) is 0.0639. The second kappa shape index (κ2) is 39.0. The van der Waals surface area contributed by atoms with Crippen molar-refractivity contribution in [2.24, 2.45) is 41.4 Å². The number of alkyl halides is 15. The van der Waals surface area contributed by atoms with E-state index in [-0.39, 0.29) is 82.7 Å². The highest BCUT2D eigenvalue weighted by Gasteiger charge is 2.48. The molecule has 3 saturated heterocycles. The van der Waals surface area contributed by atoms with Gasteiger partial charge in [-0.15, -0.1) is 39.5 Å². The minimum absolute atomic E-state index is 0.0185. The molecule has 0 atom stereocenters. The second-order valence-electron chi connectivity index (χ2n) is 31.6. The lowest BCUT2D eigenvalue weighted by atomic mass is 9.78. The molecule has 0 spiro atoms. The summed E-state index contributed by atoms with van der Waals surface area (Å²) in [4.78, 5) is 0. The van der Waals surface area contributed by atoms with Crippen LogP contribution in [-0.2, 0) is 46.7 Å². The fraction of sp³-hybridized carbons (Fsp3) is 0.448. The SMILES string of the molecule is Fc1cc(C2OCC(C3CCCC3)CO2)ccc1-c1cc(F)c(C(F)(F)Oc2cc(F)c(OC(F)(F)F)c(F)c2)c(F)c1.Fc1cc(OC(F)(F)c2c(F)cc(-c3ccc(C4OCC(C5CCCC5)CO4)cc3)cc2F)cc(F)c1OC(F)(F)F.Fc1cc(OC(F)(F)c2c(F)cc(C3CCC(C4OCC(C5CCCC5)CO4)CC3)cc2F)cc(F)c1OC(F)(F)F. The lowest BCUT2D eigenvalue weighted by Crippen LogP contribution is -2.40. The molecule has 4 saturated carbocycles. The summed E-state index contributed by atoms with van der Waals surface area (Å²) < 4.78 is 444. The maximum atomic E-state index is 15.0. The Labute approximate surface area is 704 Å². The minimum Gasteiger partial charge on any atom is -0.429 e. The Bertz CT molecular complexity index is 5000. The lowest BCUT2D eigenvalue weighted by molar-refractivity contribution is -0.277. The van der Waals surface area contributed by atoms with Crippen LogP contribution in [0.4, 0.5) is 123 Å². The summed E-state index contributed by atoms with van der Waals surface area (Å²) >= 11 is 0. The zero-order chi connectivity index (χ0) is 91.6. The van der Waals surface area contributed by atoms with Crippen LogP contribution in [-0.4, -0.2) is 65.0 Å². The molecule has 8 aromatic rings. The van der Waals surface area contributed by atoms with Gasteiger partial charge in [-0.05, 0) is 114 Å². The third-order valence-corrected chi connectivity index (χ3v) is 23.0. The predicted octanol–water partition coefficient (Wildman–Crippen LogP) is 26.4. The topological polar surface area (TPSA) is 111 Å². The van der Waals surface area contributed by atoms with E-state index in [2.05, 4.69) is 28.4 Å². The average molecular weight is 1840 g/mol. The van der Waals surface area contributed by atoms with E-state index in [0.29, 0.717) is 130 Å². The Balaban J connectivity index is 0.000000163. The van der Waals surface area contributed by atoms with Crippen molar-refractivity contribution in [3.63, 3.8) is 0 Å². The van der Waals surface area contributed by atoms with E-state index in [1.165, 1.54) is 62.8 Å². The maximum absolute atomic E-state index is 15.0. The normalized spacial score (nSPS) is 22.0. The summed E-state index contributed by atoms with van der Waals surface area (Å²) in [7, 11) is 0. The minimum atomic E-state index is -5.50. The van der Waals surface area contributed by atoms with E-state index >= 15 is 4.39 Å². The first kappa shape index (κ1) is 95.0. The molecular formula is C87H74F28O12. The number of hydrogen-bond donors (Lipinski definition) is 0. The summed E-state index contributed by atoms with van der Waals surface area (Å²) in [5.41, 5.74) is -5.19. The average Bonchev–Trinajstić information content (AvgIpc) is 1.77. The number of hydrogen-bond acceptors (Lipinski definition) is 12. The van der Waals surface area contributed by atoms with E-state index in [9.17, 15) is 119 Å². The Morgan fingerprint density at radius 3 is 0.835 bits per heavy atom. The van der Waals surface area contributed by atoms with Crippen LogP contribution in [0.3, 0.4) is 0 Å². The molecule has 0 aromatic heterocycles. The molecule has 0 N–H and O–H groups in total. The largest absolute Gasteiger partial charge is 0.573 e. The van der Waals surface area contributed by atoms with E-state index < -0.39 is 182 Å². The fourth-order valence-corrected chi connectivity index (χ4v) is 17.0. The third-order valence-electron chi connectivity index (χ3n) is 23.0. The smallest absolute Gasteiger partial charge is 0.429 e. The van der Waals surface area contributed by atoms with Crippen molar-refractivity contribution in [3.05, 3.63) is 224 Å². The van der Waals surface area contributed by atoms with Gasteiger partial charge in [0.15, 0.2) is 53.8 Å². The highest BCUT2D eigenvalue weighted by atomic mass is 19.4. The zero-order valence-electron chi connectivity index (χ0n) is 65.9. The van der Waals surface area contributed by atoms with Gasteiger partial charge in [-0.25, -0.2) is 57.1 Å². The molecule has 8 aromatic carbocycles. The first-order chi connectivity index (χ1) is 59.8. The van der Waals surface area contributed by atoms with Crippen molar-refractivity contribution in [3.8, 4) is 56.8 Å². The molecule has 12 nitrogen and oxygen atoms in total. The van der Waals surface area contributed by atoms with Gasteiger partial charge in [-0.3, -0.25) is 0 Å². The number of benzene rings is 8. The molecule has 0 radical (unpaired) electrons.